The maximum absolute atomic E-state index is 11.9. The molecule has 0 unspecified atom stereocenters. The highest BCUT2D eigenvalue weighted by Gasteiger charge is 2.16. The van der Waals surface area contributed by atoms with Gasteiger partial charge in [0.25, 0.3) is 11.8 Å². The number of hydrogen-bond donors (Lipinski definition) is 2. The van der Waals surface area contributed by atoms with Crippen molar-refractivity contribution in [2.24, 2.45) is 5.73 Å². The van der Waals surface area contributed by atoms with Gasteiger partial charge in [-0.2, -0.15) is 0 Å². The Kier molecular flexibility index (Phi) is 4.75. The number of carbonyl (C=O) groups is 3. The number of nitrogens with two attached hydrogens (primary N) is 1. The molecular formula is C16H13N3O5S. The largest absolute Gasteiger partial charge is 0.455 e. The Hall–Kier alpha value is -3.20. The fourth-order valence-corrected chi connectivity index (χ4v) is 2.97. The third-order valence-electron chi connectivity index (χ3n) is 3.31. The molecule has 3 aromatic rings. The smallest absolute Gasteiger partial charge is 0.312 e. The van der Waals surface area contributed by atoms with E-state index in [2.05, 4.69) is 10.5 Å². The number of thiophene rings is 1. The summed E-state index contributed by atoms with van der Waals surface area (Å²) in [6, 6.07) is 8.62. The number of benzene rings is 1. The fraction of sp³-hybridized carbons (Fsp3) is 0.125. The number of rotatable bonds is 6. The molecule has 8 nitrogen and oxygen atoms in total. The van der Waals surface area contributed by atoms with E-state index in [1.807, 2.05) is 0 Å². The number of anilines is 1. The molecule has 3 N–H and O–H groups in total. The molecule has 0 atom stereocenters. The quantitative estimate of drug-likeness (QED) is 0.646. The van der Waals surface area contributed by atoms with Gasteiger partial charge in [0.2, 0.25) is 0 Å². The minimum Gasteiger partial charge on any atom is -0.455 e. The normalized spacial score (nSPS) is 10.6. The summed E-state index contributed by atoms with van der Waals surface area (Å²) in [6.45, 7) is -0.481. The first kappa shape index (κ1) is 16.7. The van der Waals surface area contributed by atoms with Crippen LogP contribution in [-0.4, -0.2) is 29.5 Å². The van der Waals surface area contributed by atoms with Gasteiger partial charge in [0, 0.05) is 5.39 Å². The minimum atomic E-state index is -0.647. The summed E-state index contributed by atoms with van der Waals surface area (Å²) in [7, 11) is 0. The van der Waals surface area contributed by atoms with E-state index in [0.29, 0.717) is 21.7 Å². The van der Waals surface area contributed by atoms with Gasteiger partial charge < -0.3 is 20.3 Å². The molecule has 9 heteroatoms. The van der Waals surface area contributed by atoms with Crippen LogP contribution in [0, 0.1) is 0 Å². The number of amides is 2. The van der Waals surface area contributed by atoms with Crippen LogP contribution in [0.15, 0.2) is 40.2 Å². The van der Waals surface area contributed by atoms with Gasteiger partial charge in [0.05, 0.1) is 12.0 Å². The van der Waals surface area contributed by atoms with Crippen molar-refractivity contribution < 1.29 is 23.6 Å². The molecule has 0 aliphatic heterocycles. The van der Waals surface area contributed by atoms with Crippen LogP contribution in [-0.2, 0) is 20.7 Å². The summed E-state index contributed by atoms with van der Waals surface area (Å²) in [4.78, 5) is 34.9. The molecular weight excluding hydrogens is 346 g/mol. The van der Waals surface area contributed by atoms with Crippen molar-refractivity contribution in [3.63, 3.8) is 0 Å². The highest BCUT2D eigenvalue weighted by Crippen LogP contribution is 2.22. The first-order valence-electron chi connectivity index (χ1n) is 7.20. The maximum Gasteiger partial charge on any atom is 0.312 e. The number of esters is 1. The van der Waals surface area contributed by atoms with Crippen molar-refractivity contribution >= 4 is 45.1 Å². The molecule has 2 aromatic heterocycles. The topological polar surface area (TPSA) is 125 Å². The van der Waals surface area contributed by atoms with Crippen molar-refractivity contribution in [3.8, 4) is 0 Å². The molecule has 0 saturated carbocycles. The molecule has 3 rings (SSSR count). The lowest BCUT2D eigenvalue weighted by atomic mass is 10.2. The van der Waals surface area contributed by atoms with Crippen LogP contribution in [0.5, 0.6) is 0 Å². The van der Waals surface area contributed by atoms with Crippen LogP contribution < -0.4 is 11.1 Å². The molecule has 0 saturated heterocycles. The Morgan fingerprint density at radius 1 is 1.24 bits per heavy atom. The number of fused-ring (bicyclic) bond motifs is 1. The van der Waals surface area contributed by atoms with E-state index in [1.165, 1.54) is 6.07 Å². The van der Waals surface area contributed by atoms with Crippen LogP contribution in [0.3, 0.4) is 0 Å². The molecule has 2 heterocycles. The Morgan fingerprint density at radius 2 is 2.04 bits per heavy atom. The van der Waals surface area contributed by atoms with Crippen molar-refractivity contribution in [2.45, 2.75) is 6.42 Å². The summed E-state index contributed by atoms with van der Waals surface area (Å²) >= 11 is 1.15. The summed E-state index contributed by atoms with van der Waals surface area (Å²) < 4.78 is 10.0. The van der Waals surface area contributed by atoms with Gasteiger partial charge >= 0.3 is 5.97 Å². The lowest BCUT2D eigenvalue weighted by Gasteiger charge is -2.05. The molecule has 1 aromatic carbocycles. The third-order valence-corrected chi connectivity index (χ3v) is 4.14. The van der Waals surface area contributed by atoms with Crippen LogP contribution in [0.1, 0.15) is 16.1 Å². The zero-order valence-electron chi connectivity index (χ0n) is 12.9. The zero-order chi connectivity index (χ0) is 17.8. The highest BCUT2D eigenvalue weighted by molar-refractivity contribution is 7.14. The van der Waals surface area contributed by atoms with Crippen LogP contribution >= 0.6 is 11.3 Å². The monoisotopic (exact) mass is 359 g/mol. The summed E-state index contributed by atoms with van der Waals surface area (Å²) in [6.07, 6.45) is -0.115. The molecule has 0 spiro atoms. The van der Waals surface area contributed by atoms with E-state index < -0.39 is 24.4 Å². The maximum atomic E-state index is 11.9. The van der Waals surface area contributed by atoms with E-state index in [9.17, 15) is 14.4 Å². The van der Waals surface area contributed by atoms with E-state index in [0.717, 1.165) is 11.3 Å². The van der Waals surface area contributed by atoms with Gasteiger partial charge in [-0.15, -0.1) is 11.3 Å². The zero-order valence-corrected chi connectivity index (χ0v) is 13.7. The van der Waals surface area contributed by atoms with Crippen LogP contribution in [0.4, 0.5) is 5.00 Å². The second-order valence-electron chi connectivity index (χ2n) is 5.04. The molecule has 25 heavy (non-hydrogen) atoms. The number of nitrogens with zero attached hydrogens (tertiary/aromatic N) is 1. The predicted octanol–water partition coefficient (Wildman–Crippen LogP) is 1.71. The standard InChI is InChI=1S/C16H13N3O5S/c17-15(22)10-5-6-25-16(10)18-13(20)8-23-14(21)7-11-9-3-1-2-4-12(9)24-19-11/h1-6H,7-8H2,(H2,17,22)(H,18,20). The second kappa shape index (κ2) is 7.14. The van der Waals surface area contributed by atoms with E-state index in [4.69, 9.17) is 15.0 Å². The third kappa shape index (κ3) is 3.83. The molecule has 0 aliphatic rings. The molecule has 2 amide bonds. The van der Waals surface area contributed by atoms with E-state index in [-0.39, 0.29) is 12.0 Å². The second-order valence-corrected chi connectivity index (χ2v) is 5.95. The van der Waals surface area contributed by atoms with Gasteiger partial charge in [-0.1, -0.05) is 17.3 Å². The lowest BCUT2D eigenvalue weighted by molar-refractivity contribution is -0.146. The first-order chi connectivity index (χ1) is 12.0. The lowest BCUT2D eigenvalue weighted by Crippen LogP contribution is -2.22. The van der Waals surface area contributed by atoms with Crippen molar-refractivity contribution in [3.05, 3.63) is 47.0 Å². The fourth-order valence-electron chi connectivity index (χ4n) is 2.16. The molecule has 0 bridgehead atoms. The van der Waals surface area contributed by atoms with Gasteiger partial charge in [-0.3, -0.25) is 14.4 Å². The van der Waals surface area contributed by atoms with Gasteiger partial charge in [0.15, 0.2) is 12.2 Å². The first-order valence-corrected chi connectivity index (χ1v) is 8.08. The van der Waals surface area contributed by atoms with Gasteiger partial charge in [-0.25, -0.2) is 0 Å². The molecule has 128 valence electrons. The average Bonchev–Trinajstić information content (AvgIpc) is 3.20. The van der Waals surface area contributed by atoms with Gasteiger partial charge in [0.1, 0.15) is 10.7 Å². The number of hydrogen-bond acceptors (Lipinski definition) is 7. The summed E-state index contributed by atoms with van der Waals surface area (Å²) in [5.41, 5.74) is 6.41. The van der Waals surface area contributed by atoms with Crippen molar-refractivity contribution in [1.29, 1.82) is 0 Å². The summed E-state index contributed by atoms with van der Waals surface area (Å²) in [5, 5.41) is 8.97. The number of nitrogens with one attached hydrogen (secondary N) is 1. The molecule has 0 radical (unpaired) electrons. The van der Waals surface area contributed by atoms with Crippen LogP contribution in [0.2, 0.25) is 0 Å². The minimum absolute atomic E-state index is 0.115. The SMILES string of the molecule is NC(=O)c1ccsc1NC(=O)COC(=O)Cc1noc2ccccc12. The average molecular weight is 359 g/mol. The van der Waals surface area contributed by atoms with E-state index >= 15 is 0 Å². The molecule has 0 aliphatic carbocycles. The van der Waals surface area contributed by atoms with Crippen molar-refractivity contribution in [2.75, 3.05) is 11.9 Å². The number of primary amides is 1. The predicted molar refractivity (Wildman–Crippen MR) is 90.1 cm³/mol. The summed E-state index contributed by atoms with van der Waals surface area (Å²) in [5.74, 6) is -1.83. The number of para-hydroxylation sites is 1. The number of carbonyl (C=O) groups excluding carboxylic acids is 3. The number of ether oxygens (including phenoxy) is 1. The van der Waals surface area contributed by atoms with Gasteiger partial charge in [-0.05, 0) is 23.6 Å². The number of aromatic nitrogens is 1. The van der Waals surface area contributed by atoms with E-state index in [1.54, 1.807) is 29.6 Å². The highest BCUT2D eigenvalue weighted by atomic mass is 32.1. The molecule has 0 fully saturated rings. The Bertz CT molecular complexity index is 946. The Morgan fingerprint density at radius 3 is 2.84 bits per heavy atom. The Balaban J connectivity index is 1.54. The van der Waals surface area contributed by atoms with Crippen molar-refractivity contribution in [1.82, 2.24) is 5.16 Å². The van der Waals surface area contributed by atoms with Crippen LogP contribution in [0.25, 0.3) is 11.0 Å². The Labute approximate surface area is 145 Å².